The van der Waals surface area contributed by atoms with Crippen molar-refractivity contribution >= 4 is 16.1 Å². The molecular weight excluding hydrogens is 338 g/mol. The van der Waals surface area contributed by atoms with E-state index in [1.54, 1.807) is 12.1 Å². The zero-order chi connectivity index (χ0) is 19.5. The minimum Gasteiger partial charge on any atom is -0.337 e. The largest absolute Gasteiger partial charge is 0.337 e. The van der Waals surface area contributed by atoms with Crippen molar-refractivity contribution in [3.63, 3.8) is 0 Å². The molecule has 7 heteroatoms. The second kappa shape index (κ2) is 11.9. The Morgan fingerprint density at radius 2 is 1.56 bits per heavy atom. The number of sulfonamides is 1. The zero-order valence-corrected chi connectivity index (χ0v) is 16.8. The molecule has 1 rings (SSSR count). The van der Waals surface area contributed by atoms with Crippen molar-refractivity contribution in [2.45, 2.75) is 52.4 Å². The summed E-state index contributed by atoms with van der Waals surface area (Å²) in [5, 5.41) is 2.52. The van der Waals surface area contributed by atoms with Crippen molar-refractivity contribution in [3.05, 3.63) is 29.8 Å². The number of nitrogens with one attached hydrogen (secondary N) is 2. The Balaban J connectivity index is 0.000000823. The van der Waals surface area contributed by atoms with Crippen LogP contribution in [-0.4, -0.2) is 27.5 Å². The van der Waals surface area contributed by atoms with Crippen LogP contribution in [0.2, 0.25) is 0 Å². The average Bonchev–Trinajstić information content (AvgIpc) is 2.47. The first-order valence-corrected chi connectivity index (χ1v) is 10.1. The summed E-state index contributed by atoms with van der Waals surface area (Å²) in [4.78, 5) is 11.6. The van der Waals surface area contributed by atoms with E-state index in [9.17, 15) is 13.2 Å². The highest BCUT2D eigenvalue weighted by atomic mass is 32.2. The van der Waals surface area contributed by atoms with Gasteiger partial charge >= 0.3 is 6.03 Å². The van der Waals surface area contributed by atoms with Crippen LogP contribution in [0, 0.1) is 18.8 Å². The van der Waals surface area contributed by atoms with Gasteiger partial charge in [0.1, 0.15) is 0 Å². The Kier molecular flexibility index (Phi) is 11.1. The van der Waals surface area contributed by atoms with E-state index < -0.39 is 16.1 Å². The molecule has 0 atom stereocenters. The molecule has 4 N–H and O–H groups in total. The molecule has 0 aliphatic heterocycles. The fourth-order valence-corrected chi connectivity index (χ4v) is 2.67. The van der Waals surface area contributed by atoms with Gasteiger partial charge in [-0.1, -0.05) is 45.4 Å². The number of hydrogen-bond donors (Lipinski definition) is 3. The molecule has 0 aromatic heterocycles. The van der Waals surface area contributed by atoms with Gasteiger partial charge in [-0.05, 0) is 50.3 Å². The van der Waals surface area contributed by atoms with Crippen molar-refractivity contribution in [3.8, 4) is 0 Å². The molecule has 0 unspecified atom stereocenters. The smallest absolute Gasteiger partial charge is 0.328 e. The summed E-state index contributed by atoms with van der Waals surface area (Å²) in [5.74, 6) is 1.23. The maximum absolute atomic E-state index is 11.9. The maximum atomic E-state index is 11.9. The van der Waals surface area contributed by atoms with E-state index in [0.717, 1.165) is 30.9 Å². The van der Waals surface area contributed by atoms with Gasteiger partial charge in [0.2, 0.25) is 0 Å². The molecule has 0 saturated heterocycles. The normalized spacial score (nSPS) is 11.0. The monoisotopic (exact) mass is 371 g/mol. The second-order valence-electron chi connectivity index (χ2n) is 6.83. The molecule has 2 amide bonds. The molecule has 0 saturated carbocycles. The van der Waals surface area contributed by atoms with Crippen LogP contribution in [0.25, 0.3) is 0 Å². The van der Waals surface area contributed by atoms with Crippen molar-refractivity contribution < 1.29 is 13.2 Å². The molecule has 0 aliphatic rings. The number of hydrogen-bond acceptors (Lipinski definition) is 4. The van der Waals surface area contributed by atoms with Crippen molar-refractivity contribution in [2.75, 3.05) is 13.1 Å². The predicted octanol–water partition coefficient (Wildman–Crippen LogP) is 3.02. The quantitative estimate of drug-likeness (QED) is 0.685. The van der Waals surface area contributed by atoms with Crippen LogP contribution in [0.4, 0.5) is 4.79 Å². The number of carbonyl (C=O) groups is 1. The molecule has 1 aromatic rings. The lowest BCUT2D eigenvalue weighted by Gasteiger charge is -2.09. The summed E-state index contributed by atoms with van der Waals surface area (Å²) in [6.45, 7) is 11.6. The van der Waals surface area contributed by atoms with Gasteiger partial charge in [0.15, 0.2) is 0 Å². The van der Waals surface area contributed by atoms with Crippen LogP contribution in [0.15, 0.2) is 29.2 Å². The summed E-state index contributed by atoms with van der Waals surface area (Å²) in [7, 11) is -3.79. The highest BCUT2D eigenvalue weighted by Crippen LogP contribution is 2.09. The van der Waals surface area contributed by atoms with Gasteiger partial charge in [0.05, 0.1) is 4.90 Å². The average molecular weight is 372 g/mol. The van der Waals surface area contributed by atoms with Gasteiger partial charge in [-0.15, -0.1) is 0 Å². The third-order valence-corrected chi connectivity index (χ3v) is 4.66. The summed E-state index contributed by atoms with van der Waals surface area (Å²) in [6.07, 6.45) is 1.96. The van der Waals surface area contributed by atoms with Crippen LogP contribution in [-0.2, 0) is 10.0 Å². The Hall–Kier alpha value is -1.60. The molecule has 144 valence electrons. The third-order valence-electron chi connectivity index (χ3n) is 3.31. The SMILES string of the molecule is CC(C)CCN.Cc1ccc(S(=O)(=O)NC(=O)NCCC(C)C)cc1. The molecule has 1 aromatic carbocycles. The van der Waals surface area contributed by atoms with E-state index in [0.29, 0.717) is 12.5 Å². The number of amides is 2. The van der Waals surface area contributed by atoms with Crippen LogP contribution in [0.5, 0.6) is 0 Å². The van der Waals surface area contributed by atoms with Crippen LogP contribution in [0.1, 0.15) is 46.1 Å². The van der Waals surface area contributed by atoms with Gasteiger partial charge in [-0.3, -0.25) is 0 Å². The first-order valence-electron chi connectivity index (χ1n) is 8.65. The van der Waals surface area contributed by atoms with Crippen molar-refractivity contribution in [2.24, 2.45) is 17.6 Å². The van der Waals surface area contributed by atoms with Gasteiger partial charge in [-0.2, -0.15) is 0 Å². The molecule has 25 heavy (non-hydrogen) atoms. The molecule has 6 nitrogen and oxygen atoms in total. The third kappa shape index (κ3) is 11.6. The summed E-state index contributed by atoms with van der Waals surface area (Å²) >= 11 is 0. The molecule has 0 aliphatic carbocycles. The van der Waals surface area contributed by atoms with E-state index in [1.807, 2.05) is 25.5 Å². The molecule has 0 bridgehead atoms. The molecule has 0 heterocycles. The number of nitrogens with two attached hydrogens (primary N) is 1. The molecular formula is C18H33N3O3S. The summed E-state index contributed by atoms with van der Waals surface area (Å²) in [5.41, 5.74) is 6.19. The summed E-state index contributed by atoms with van der Waals surface area (Å²) in [6, 6.07) is 5.62. The maximum Gasteiger partial charge on any atom is 0.328 e. The van der Waals surface area contributed by atoms with E-state index in [2.05, 4.69) is 19.2 Å². The highest BCUT2D eigenvalue weighted by Gasteiger charge is 2.16. The van der Waals surface area contributed by atoms with Gasteiger partial charge in [-0.25, -0.2) is 17.9 Å². The minimum atomic E-state index is -3.79. The molecule has 0 fully saturated rings. The van der Waals surface area contributed by atoms with E-state index in [4.69, 9.17) is 5.73 Å². The van der Waals surface area contributed by atoms with Crippen molar-refractivity contribution in [1.82, 2.24) is 10.0 Å². The standard InChI is InChI=1S/C13H20N2O3S.C5H13N/c1-10(2)8-9-14-13(16)15-19(17,18)12-6-4-11(3)5-7-12;1-5(2)3-4-6/h4-7,10H,8-9H2,1-3H3,(H2,14,15,16);5H,3-4,6H2,1-2H3. The predicted molar refractivity (Wildman–Crippen MR) is 103 cm³/mol. The highest BCUT2D eigenvalue weighted by molar-refractivity contribution is 7.90. The second-order valence-corrected chi connectivity index (χ2v) is 8.51. The van der Waals surface area contributed by atoms with E-state index in [1.165, 1.54) is 12.1 Å². The Morgan fingerprint density at radius 1 is 1.04 bits per heavy atom. The molecule has 0 spiro atoms. The van der Waals surface area contributed by atoms with Gasteiger partial charge in [0, 0.05) is 6.54 Å². The zero-order valence-electron chi connectivity index (χ0n) is 16.0. The van der Waals surface area contributed by atoms with Crippen LogP contribution in [0.3, 0.4) is 0 Å². The summed E-state index contributed by atoms with van der Waals surface area (Å²) < 4.78 is 25.7. The lowest BCUT2D eigenvalue weighted by molar-refractivity contribution is 0.245. The van der Waals surface area contributed by atoms with Gasteiger partial charge in [0.25, 0.3) is 10.0 Å². The van der Waals surface area contributed by atoms with Crippen LogP contribution < -0.4 is 15.8 Å². The fourth-order valence-electron chi connectivity index (χ4n) is 1.74. The Morgan fingerprint density at radius 3 is 1.96 bits per heavy atom. The lowest BCUT2D eigenvalue weighted by Crippen LogP contribution is -2.40. The minimum absolute atomic E-state index is 0.0807. The van der Waals surface area contributed by atoms with E-state index in [-0.39, 0.29) is 4.90 Å². The Labute approximate surface area is 152 Å². The van der Waals surface area contributed by atoms with Crippen molar-refractivity contribution in [1.29, 1.82) is 0 Å². The lowest BCUT2D eigenvalue weighted by atomic mass is 10.1. The molecule has 0 radical (unpaired) electrons. The number of urea groups is 1. The number of carbonyl (C=O) groups excluding carboxylic acids is 1. The first-order chi connectivity index (χ1) is 11.6. The number of rotatable bonds is 7. The van der Waals surface area contributed by atoms with E-state index >= 15 is 0 Å². The topological polar surface area (TPSA) is 101 Å². The first kappa shape index (κ1) is 23.4. The fraction of sp³-hybridized carbons (Fsp3) is 0.611. The number of benzene rings is 1. The number of aryl methyl sites for hydroxylation is 1. The Bertz CT molecular complexity index is 596. The van der Waals surface area contributed by atoms with Crippen LogP contribution >= 0.6 is 0 Å². The van der Waals surface area contributed by atoms with Gasteiger partial charge < -0.3 is 11.1 Å².